The molecule has 6 heteroatoms. The average molecular weight is 656 g/mol. The Morgan fingerprint density at radius 3 is 1.25 bits per heavy atom. The number of hydrogen-bond donors (Lipinski definition) is 0. The number of benzene rings is 4. The molecule has 2 aromatic heterocycles. The Bertz CT molecular complexity index is 1710. The number of fused-ring (bicyclic) bond motifs is 8. The molecule has 0 radical (unpaired) electrons. The van der Waals surface area contributed by atoms with Crippen molar-refractivity contribution in [3.8, 4) is 0 Å². The summed E-state index contributed by atoms with van der Waals surface area (Å²) in [5.74, 6) is 0. The van der Waals surface area contributed by atoms with Crippen LogP contribution in [-0.2, 0) is 26.2 Å². The molecule has 200 valence electrons. The molecule has 0 N–H and O–H groups in total. The van der Waals surface area contributed by atoms with Crippen molar-refractivity contribution in [3.05, 3.63) is 127 Å². The van der Waals surface area contributed by atoms with Gasteiger partial charge in [-0.05, 0) is 68.1 Å². The second kappa shape index (κ2) is 9.71. The van der Waals surface area contributed by atoms with E-state index in [0.29, 0.717) is 0 Å². The van der Waals surface area contributed by atoms with E-state index in [1.165, 1.54) is 66.6 Å². The number of nitrogens with zero attached hydrogens (tertiary/aromatic N) is 4. The highest BCUT2D eigenvalue weighted by molar-refractivity contribution is 9.10. The van der Waals surface area contributed by atoms with Gasteiger partial charge in [0.15, 0.2) is 0 Å². The zero-order valence-corrected chi connectivity index (χ0v) is 26.5. The highest BCUT2D eigenvalue weighted by Gasteiger charge is 2.26. The van der Waals surface area contributed by atoms with Crippen molar-refractivity contribution in [3.63, 3.8) is 0 Å². The summed E-state index contributed by atoms with van der Waals surface area (Å²) in [6.45, 7) is 12.2. The molecule has 0 aliphatic carbocycles. The maximum Gasteiger partial charge on any atom is 0.326 e. The summed E-state index contributed by atoms with van der Waals surface area (Å²) in [7, 11) is 0. The van der Waals surface area contributed by atoms with Crippen molar-refractivity contribution >= 4 is 53.4 Å². The lowest BCUT2D eigenvalue weighted by molar-refractivity contribution is -0.704. The van der Waals surface area contributed by atoms with Crippen LogP contribution in [0.1, 0.15) is 45.0 Å². The van der Waals surface area contributed by atoms with Gasteiger partial charge in [0, 0.05) is 59.6 Å². The number of aromatic nitrogens is 4. The standard InChI is InChI=1S/C34H32Br2N4/c1-21-22(2)38-18-26-6-10-30-12-8-28(16-32(30)14-26)20-40-24(4)23(3)39(34(40)36)19-27-7-11-29-9-5-25(13-31(29)15-27)17-37(21)33(38)35/h5-16H,17-20H2,1-4H3/q+2. The largest absolute Gasteiger partial charge is 0.326 e. The van der Waals surface area contributed by atoms with Gasteiger partial charge in [-0.2, -0.15) is 0 Å². The minimum absolute atomic E-state index is 0.822. The van der Waals surface area contributed by atoms with Gasteiger partial charge < -0.3 is 0 Å². The molecule has 10 bridgehead atoms. The van der Waals surface area contributed by atoms with Crippen LogP contribution in [0.15, 0.2) is 82.3 Å². The lowest BCUT2D eigenvalue weighted by atomic mass is 10.0. The lowest BCUT2D eigenvalue weighted by Crippen LogP contribution is -2.37. The fourth-order valence-corrected chi connectivity index (χ4v) is 7.74. The van der Waals surface area contributed by atoms with Crippen LogP contribution in [0.5, 0.6) is 0 Å². The lowest BCUT2D eigenvalue weighted by Gasteiger charge is -2.08. The van der Waals surface area contributed by atoms with Gasteiger partial charge in [0.2, 0.25) is 0 Å². The summed E-state index contributed by atoms with van der Waals surface area (Å²) < 4.78 is 11.8. The summed E-state index contributed by atoms with van der Waals surface area (Å²) in [6.07, 6.45) is 0. The summed E-state index contributed by atoms with van der Waals surface area (Å²) in [5, 5.41) is 5.11. The van der Waals surface area contributed by atoms with Crippen LogP contribution in [0, 0.1) is 27.7 Å². The Kier molecular flexibility index (Phi) is 6.24. The summed E-state index contributed by atoms with van der Waals surface area (Å²) in [6, 6.07) is 27.5. The Morgan fingerprint density at radius 1 is 0.500 bits per heavy atom. The predicted molar refractivity (Wildman–Crippen MR) is 168 cm³/mol. The summed E-state index contributed by atoms with van der Waals surface area (Å²) in [5.41, 5.74) is 10.3. The van der Waals surface area contributed by atoms with Gasteiger partial charge in [-0.3, -0.25) is 0 Å². The van der Waals surface area contributed by atoms with Crippen LogP contribution in [0.4, 0.5) is 0 Å². The van der Waals surface area contributed by atoms with E-state index >= 15 is 0 Å². The van der Waals surface area contributed by atoms with E-state index < -0.39 is 0 Å². The molecule has 4 nitrogen and oxygen atoms in total. The molecule has 7 rings (SSSR count). The Labute approximate surface area is 251 Å². The first-order valence-corrected chi connectivity index (χ1v) is 15.4. The van der Waals surface area contributed by atoms with Crippen LogP contribution in [0.3, 0.4) is 0 Å². The third-order valence-corrected chi connectivity index (χ3v) is 10.6. The molecule has 0 saturated heterocycles. The van der Waals surface area contributed by atoms with Gasteiger partial charge in [-0.15, -0.1) is 0 Å². The SMILES string of the molecule is Cc1c(C)[n+]2c(Br)n1Cc1ccc3ccc(cc3c1)Cn1c(C)c(C)[n+](c1Br)Cc1ccc3ccc(cc3c1)C2. The first-order valence-electron chi connectivity index (χ1n) is 13.8. The smallest absolute Gasteiger partial charge is 0.217 e. The van der Waals surface area contributed by atoms with E-state index in [0.717, 1.165) is 35.6 Å². The van der Waals surface area contributed by atoms with Crippen LogP contribution in [0.25, 0.3) is 21.5 Å². The second-order valence-electron chi connectivity index (χ2n) is 11.3. The maximum absolute atomic E-state index is 3.97. The van der Waals surface area contributed by atoms with E-state index in [-0.39, 0.29) is 0 Å². The monoisotopic (exact) mass is 654 g/mol. The van der Waals surface area contributed by atoms with Gasteiger partial charge in [-0.1, -0.05) is 48.5 Å². The molecular formula is C34H32Br2N4+2. The molecule has 0 unspecified atom stereocenters. The van der Waals surface area contributed by atoms with E-state index in [1.807, 2.05) is 0 Å². The third kappa shape index (κ3) is 4.24. The molecule has 3 heterocycles. The molecule has 0 atom stereocenters. The molecule has 1 aliphatic heterocycles. The number of halogens is 2. The topological polar surface area (TPSA) is 17.6 Å². The van der Waals surface area contributed by atoms with Gasteiger partial charge in [0.05, 0.1) is 0 Å². The van der Waals surface area contributed by atoms with Gasteiger partial charge in [0.1, 0.15) is 49.0 Å². The van der Waals surface area contributed by atoms with Crippen LogP contribution >= 0.6 is 31.9 Å². The molecule has 40 heavy (non-hydrogen) atoms. The summed E-state index contributed by atoms with van der Waals surface area (Å²) in [4.78, 5) is 0. The summed E-state index contributed by atoms with van der Waals surface area (Å²) >= 11 is 7.94. The van der Waals surface area contributed by atoms with Crippen molar-refractivity contribution in [2.75, 3.05) is 0 Å². The highest BCUT2D eigenvalue weighted by Crippen LogP contribution is 2.25. The van der Waals surface area contributed by atoms with Gasteiger partial charge in [0.25, 0.3) is 0 Å². The molecule has 0 amide bonds. The highest BCUT2D eigenvalue weighted by atomic mass is 79.9. The molecule has 1 aliphatic rings. The van der Waals surface area contributed by atoms with E-state index in [4.69, 9.17) is 0 Å². The van der Waals surface area contributed by atoms with Crippen molar-refractivity contribution in [2.45, 2.75) is 53.9 Å². The zero-order valence-electron chi connectivity index (χ0n) is 23.3. The van der Waals surface area contributed by atoms with Crippen molar-refractivity contribution in [2.24, 2.45) is 0 Å². The van der Waals surface area contributed by atoms with Crippen molar-refractivity contribution < 1.29 is 9.13 Å². The normalized spacial score (nSPS) is 13.3. The van der Waals surface area contributed by atoms with Gasteiger partial charge >= 0.3 is 9.47 Å². The molecule has 0 saturated carbocycles. The number of imidazole rings is 2. The quantitative estimate of drug-likeness (QED) is 0.151. The van der Waals surface area contributed by atoms with Crippen LogP contribution in [0.2, 0.25) is 0 Å². The number of hydrogen-bond acceptors (Lipinski definition) is 0. The predicted octanol–water partition coefficient (Wildman–Crippen LogP) is 7.44. The van der Waals surface area contributed by atoms with E-state index in [9.17, 15) is 0 Å². The molecule has 4 aromatic carbocycles. The second-order valence-corrected chi connectivity index (χ2v) is 12.7. The van der Waals surface area contributed by atoms with Crippen molar-refractivity contribution in [1.29, 1.82) is 0 Å². The van der Waals surface area contributed by atoms with E-state index in [2.05, 4.69) is 151 Å². The Hall–Kier alpha value is -3.22. The van der Waals surface area contributed by atoms with Crippen LogP contribution < -0.4 is 9.13 Å². The van der Waals surface area contributed by atoms with Crippen LogP contribution in [-0.4, -0.2) is 9.13 Å². The van der Waals surface area contributed by atoms with E-state index in [1.54, 1.807) is 0 Å². The van der Waals surface area contributed by atoms with Crippen molar-refractivity contribution in [1.82, 2.24) is 9.13 Å². The zero-order chi connectivity index (χ0) is 27.7. The van der Waals surface area contributed by atoms with Gasteiger partial charge in [-0.25, -0.2) is 18.3 Å². The molecular weight excluding hydrogens is 624 g/mol. The number of rotatable bonds is 0. The third-order valence-electron chi connectivity index (χ3n) is 8.86. The Balaban J connectivity index is 1.43. The fourth-order valence-electron chi connectivity index (χ4n) is 6.18. The first-order chi connectivity index (χ1) is 19.3. The fraction of sp³-hybridized carbons (Fsp3) is 0.235. The molecule has 6 aromatic rings. The average Bonchev–Trinajstić information content (AvgIpc) is 3.27. The minimum Gasteiger partial charge on any atom is -0.217 e. The molecule has 0 fully saturated rings. The maximum atomic E-state index is 3.97. The minimum atomic E-state index is 0.822. The molecule has 0 spiro atoms. The Morgan fingerprint density at radius 2 is 0.850 bits per heavy atom. The first kappa shape index (κ1) is 25.7.